The summed E-state index contributed by atoms with van der Waals surface area (Å²) in [4.78, 5) is 55.0. The number of hydrogen-bond donors (Lipinski definition) is 1. The van der Waals surface area contributed by atoms with Crippen LogP contribution in [0.1, 0.15) is 44.1 Å². The average Bonchev–Trinajstić information content (AvgIpc) is 3.41. The van der Waals surface area contributed by atoms with Crippen molar-refractivity contribution >= 4 is 23.9 Å². The second kappa shape index (κ2) is 12.9. The molecule has 3 amide bonds. The van der Waals surface area contributed by atoms with Crippen LogP contribution >= 0.6 is 0 Å². The van der Waals surface area contributed by atoms with E-state index in [0.29, 0.717) is 31.6 Å². The van der Waals surface area contributed by atoms with E-state index in [1.165, 1.54) is 16.8 Å². The number of carbonyl (C=O) groups excluding carboxylic acids is 3. The Morgan fingerprint density at radius 3 is 2.12 bits per heavy atom. The number of carboxylic acid groups (broad SMARTS) is 1. The lowest BCUT2D eigenvalue weighted by molar-refractivity contribution is -0.139. The van der Waals surface area contributed by atoms with Crippen molar-refractivity contribution in [3.05, 3.63) is 72.4 Å². The summed E-state index contributed by atoms with van der Waals surface area (Å²) in [6.45, 7) is 5.28. The van der Waals surface area contributed by atoms with E-state index < -0.39 is 36.2 Å². The van der Waals surface area contributed by atoms with E-state index >= 15 is 0 Å². The highest BCUT2D eigenvalue weighted by Crippen LogP contribution is 2.26. The number of nitrogens with zero attached hydrogens (tertiary/aromatic N) is 5. The molecule has 1 aliphatic heterocycles. The smallest absolute Gasteiger partial charge is 0.410 e. The predicted octanol–water partition coefficient (Wildman–Crippen LogP) is 3.92. The molecule has 0 saturated carbocycles. The fourth-order valence-corrected chi connectivity index (χ4v) is 4.86. The van der Waals surface area contributed by atoms with Crippen LogP contribution in [0.15, 0.2) is 66.7 Å². The minimum atomic E-state index is -1.13. The Balaban J connectivity index is 1.50. The number of amides is 3. The lowest BCUT2D eigenvalue weighted by Crippen LogP contribution is -2.52. The van der Waals surface area contributed by atoms with E-state index in [2.05, 4.69) is 5.10 Å². The number of para-hydroxylation sites is 1. The maximum Gasteiger partial charge on any atom is 0.410 e. The largest absolute Gasteiger partial charge is 0.480 e. The van der Waals surface area contributed by atoms with Gasteiger partial charge in [0.1, 0.15) is 18.7 Å². The van der Waals surface area contributed by atoms with Crippen LogP contribution in [0.25, 0.3) is 16.9 Å². The van der Waals surface area contributed by atoms with Gasteiger partial charge in [-0.3, -0.25) is 14.4 Å². The molecule has 42 heavy (non-hydrogen) atoms. The SMILES string of the molecule is CN(CC(=O)N1CCC(N(CC(=O)O)C(=O)c2cc(-c3ccccc3)n(-c3ccccc3)n2)CC1)C(=O)OC(C)(C)C. The molecule has 0 aliphatic carbocycles. The predicted molar refractivity (Wildman–Crippen MR) is 156 cm³/mol. The third-order valence-electron chi connectivity index (χ3n) is 6.90. The van der Waals surface area contributed by atoms with Gasteiger partial charge in [-0.1, -0.05) is 48.5 Å². The number of rotatable bonds is 8. The molecule has 11 heteroatoms. The number of piperidine rings is 1. The molecule has 11 nitrogen and oxygen atoms in total. The number of benzene rings is 2. The quantitative estimate of drug-likeness (QED) is 0.432. The molecule has 0 spiro atoms. The third kappa shape index (κ3) is 7.54. The second-order valence-electron chi connectivity index (χ2n) is 11.3. The minimum absolute atomic E-state index is 0.136. The number of carbonyl (C=O) groups is 4. The molecule has 0 unspecified atom stereocenters. The zero-order valence-corrected chi connectivity index (χ0v) is 24.4. The van der Waals surface area contributed by atoms with Crippen molar-refractivity contribution in [2.24, 2.45) is 0 Å². The summed E-state index contributed by atoms with van der Waals surface area (Å²) in [5.41, 5.74) is 1.79. The molecule has 3 aromatic rings. The van der Waals surface area contributed by atoms with E-state index in [9.17, 15) is 24.3 Å². The Bertz CT molecular complexity index is 1350. The highest BCUT2D eigenvalue weighted by Gasteiger charge is 2.33. The zero-order valence-electron chi connectivity index (χ0n) is 24.4. The molecule has 0 bridgehead atoms. The van der Waals surface area contributed by atoms with Gasteiger partial charge in [0.15, 0.2) is 5.69 Å². The molecule has 1 aromatic heterocycles. The van der Waals surface area contributed by atoms with Crippen LogP contribution in [0.4, 0.5) is 4.79 Å². The van der Waals surface area contributed by atoms with E-state index in [4.69, 9.17) is 4.74 Å². The number of hydrogen-bond acceptors (Lipinski definition) is 6. The Morgan fingerprint density at radius 1 is 0.952 bits per heavy atom. The van der Waals surface area contributed by atoms with Crippen LogP contribution in [0.2, 0.25) is 0 Å². The van der Waals surface area contributed by atoms with Gasteiger partial charge in [0.25, 0.3) is 5.91 Å². The number of likely N-dealkylation sites (N-methyl/N-ethyl adjacent to an activating group) is 1. The minimum Gasteiger partial charge on any atom is -0.480 e. The van der Waals surface area contributed by atoms with Crippen LogP contribution in [-0.4, -0.2) is 98.3 Å². The van der Waals surface area contributed by atoms with Crippen molar-refractivity contribution in [3.63, 3.8) is 0 Å². The first-order valence-corrected chi connectivity index (χ1v) is 13.9. The van der Waals surface area contributed by atoms with Crippen molar-refractivity contribution in [1.29, 1.82) is 0 Å². The summed E-state index contributed by atoms with van der Waals surface area (Å²) in [6.07, 6.45) is 0.200. The molecule has 1 aliphatic rings. The molecule has 2 aromatic carbocycles. The van der Waals surface area contributed by atoms with Gasteiger partial charge in [0, 0.05) is 31.7 Å². The van der Waals surface area contributed by atoms with Crippen LogP contribution in [0, 0.1) is 0 Å². The first-order valence-electron chi connectivity index (χ1n) is 13.9. The molecular weight excluding hydrogens is 538 g/mol. The Labute approximate surface area is 245 Å². The van der Waals surface area contributed by atoms with Crippen molar-refractivity contribution in [2.75, 3.05) is 33.2 Å². The van der Waals surface area contributed by atoms with Crippen molar-refractivity contribution in [3.8, 4) is 16.9 Å². The summed E-state index contributed by atoms with van der Waals surface area (Å²) >= 11 is 0. The topological polar surface area (TPSA) is 125 Å². The number of likely N-dealkylation sites (tertiary alicyclic amines) is 1. The molecule has 1 fully saturated rings. The van der Waals surface area contributed by atoms with Gasteiger partial charge in [-0.15, -0.1) is 0 Å². The lowest BCUT2D eigenvalue weighted by Gasteiger charge is -2.38. The summed E-state index contributed by atoms with van der Waals surface area (Å²) in [7, 11) is 1.50. The van der Waals surface area contributed by atoms with Gasteiger partial charge in [-0.05, 0) is 51.8 Å². The number of ether oxygens (including phenoxy) is 1. The average molecular weight is 576 g/mol. The zero-order chi connectivity index (χ0) is 30.4. The molecule has 4 rings (SSSR count). The molecule has 1 saturated heterocycles. The number of aliphatic carboxylic acids is 1. The van der Waals surface area contributed by atoms with E-state index in [1.807, 2.05) is 60.7 Å². The van der Waals surface area contributed by atoms with Crippen molar-refractivity contribution in [1.82, 2.24) is 24.5 Å². The van der Waals surface area contributed by atoms with Gasteiger partial charge in [-0.2, -0.15) is 5.10 Å². The number of aromatic nitrogens is 2. The van der Waals surface area contributed by atoms with Crippen LogP contribution < -0.4 is 0 Å². The van der Waals surface area contributed by atoms with Crippen LogP contribution in [-0.2, 0) is 14.3 Å². The maximum absolute atomic E-state index is 13.8. The molecule has 0 atom stereocenters. The molecule has 222 valence electrons. The highest BCUT2D eigenvalue weighted by atomic mass is 16.6. The standard InChI is InChI=1S/C31H37N5O6/c1-31(2,3)42-30(41)33(4)20-27(37)34-17-15-23(16-18-34)35(21-28(38)39)29(40)25-19-26(22-11-7-5-8-12-22)36(32-25)24-13-9-6-10-14-24/h5-14,19,23H,15-18,20-21H2,1-4H3,(H,38,39). The summed E-state index contributed by atoms with van der Waals surface area (Å²) in [6, 6.07) is 20.3. The van der Waals surface area contributed by atoms with Gasteiger partial charge in [0.05, 0.1) is 11.4 Å². The van der Waals surface area contributed by atoms with Gasteiger partial charge in [-0.25, -0.2) is 9.48 Å². The second-order valence-corrected chi connectivity index (χ2v) is 11.3. The van der Waals surface area contributed by atoms with Gasteiger partial charge >= 0.3 is 12.1 Å². The summed E-state index contributed by atoms with van der Waals surface area (Å²) in [5, 5.41) is 14.3. The fraction of sp³-hybridized carbons (Fsp3) is 0.387. The summed E-state index contributed by atoms with van der Waals surface area (Å²) < 4.78 is 7.00. The normalized spacial score (nSPS) is 13.9. The first-order chi connectivity index (χ1) is 19.9. The van der Waals surface area contributed by atoms with Gasteiger partial charge in [0.2, 0.25) is 5.91 Å². The van der Waals surface area contributed by atoms with E-state index in [-0.39, 0.29) is 18.1 Å². The fourth-order valence-electron chi connectivity index (χ4n) is 4.86. The monoisotopic (exact) mass is 575 g/mol. The van der Waals surface area contributed by atoms with E-state index in [0.717, 1.165) is 11.3 Å². The molecular formula is C31H37N5O6. The van der Waals surface area contributed by atoms with Crippen LogP contribution in [0.5, 0.6) is 0 Å². The number of carboxylic acids is 1. The van der Waals surface area contributed by atoms with Gasteiger partial charge < -0.3 is 24.5 Å². The molecule has 2 heterocycles. The van der Waals surface area contributed by atoms with Crippen molar-refractivity contribution in [2.45, 2.75) is 45.3 Å². The van der Waals surface area contributed by atoms with E-state index in [1.54, 1.807) is 36.4 Å². The van der Waals surface area contributed by atoms with Crippen molar-refractivity contribution < 1.29 is 29.0 Å². The maximum atomic E-state index is 13.8. The van der Waals surface area contributed by atoms with Crippen LogP contribution in [0.3, 0.4) is 0 Å². The lowest BCUT2D eigenvalue weighted by atomic mass is 10.0. The molecule has 0 radical (unpaired) electrons. The summed E-state index contributed by atoms with van der Waals surface area (Å²) in [5.74, 6) is -1.86. The highest BCUT2D eigenvalue weighted by molar-refractivity contribution is 5.95. The Morgan fingerprint density at radius 2 is 1.55 bits per heavy atom. The first kappa shape index (κ1) is 30.3. The third-order valence-corrected chi connectivity index (χ3v) is 6.90. The Kier molecular flexibility index (Phi) is 9.29. The molecule has 1 N–H and O–H groups in total. The Hall–Kier alpha value is -4.67.